The van der Waals surface area contributed by atoms with Gasteiger partial charge in [-0.05, 0) is 84.7 Å². The summed E-state index contributed by atoms with van der Waals surface area (Å²) in [6, 6.07) is 34.3. The fourth-order valence-electron chi connectivity index (χ4n) is 5.24. The number of sulfone groups is 1. The summed E-state index contributed by atoms with van der Waals surface area (Å²) in [4.78, 5) is 5.85. The monoisotopic (exact) mass is 581 g/mol. The molecule has 0 aliphatic carbocycles. The fourth-order valence-corrected chi connectivity index (χ4v) is 6.19. The number of aliphatic hydroxyl groups excluding tert-OH is 1. The summed E-state index contributed by atoms with van der Waals surface area (Å²) < 4.78 is 24.4. The van der Waals surface area contributed by atoms with Crippen LogP contribution in [0.1, 0.15) is 48.1 Å². The fraction of sp³-hybridized carbons (Fsp3) is 0.229. The highest BCUT2D eigenvalue weighted by Gasteiger charge is 2.33. The highest BCUT2D eigenvalue weighted by molar-refractivity contribution is 7.98. The molecule has 1 N–H and O–H groups in total. The number of thioether (sulfide) groups is 1. The molecule has 210 valence electrons. The van der Waals surface area contributed by atoms with Crippen LogP contribution in [0.4, 0.5) is 0 Å². The first-order chi connectivity index (χ1) is 19.6. The molecule has 1 heterocycles. The van der Waals surface area contributed by atoms with Gasteiger partial charge in [-0.1, -0.05) is 72.8 Å². The van der Waals surface area contributed by atoms with Crippen molar-refractivity contribution in [1.82, 2.24) is 4.98 Å². The highest BCUT2D eigenvalue weighted by atomic mass is 32.2. The molecule has 0 saturated carbocycles. The minimum absolute atomic E-state index is 0.158. The van der Waals surface area contributed by atoms with E-state index >= 15 is 0 Å². The Morgan fingerprint density at radius 1 is 0.854 bits per heavy atom. The Morgan fingerprint density at radius 2 is 1.59 bits per heavy atom. The molecular weight excluding hydrogens is 547 g/mol. The SMILES string of the molecule is CSc1ccc(C(Cc2cccc(-c3cc(C(C)(C)S(C)(=O)=O)cc4cccnc34)c2)C(O)c2ccccc2)cc1. The van der Waals surface area contributed by atoms with Crippen molar-refractivity contribution < 1.29 is 13.5 Å². The van der Waals surface area contributed by atoms with Crippen LogP contribution in [0.3, 0.4) is 0 Å². The van der Waals surface area contributed by atoms with E-state index in [9.17, 15) is 13.5 Å². The van der Waals surface area contributed by atoms with Gasteiger partial charge in [0, 0.05) is 34.2 Å². The summed E-state index contributed by atoms with van der Waals surface area (Å²) in [6.07, 6.45) is 5.05. The third kappa shape index (κ3) is 6.10. The van der Waals surface area contributed by atoms with E-state index in [1.54, 1.807) is 31.8 Å². The van der Waals surface area contributed by atoms with E-state index in [0.29, 0.717) is 6.42 Å². The second kappa shape index (κ2) is 11.8. The lowest BCUT2D eigenvalue weighted by Crippen LogP contribution is -2.28. The van der Waals surface area contributed by atoms with Crippen LogP contribution < -0.4 is 0 Å². The number of aromatic nitrogens is 1. The van der Waals surface area contributed by atoms with E-state index in [4.69, 9.17) is 0 Å². The van der Waals surface area contributed by atoms with E-state index in [-0.39, 0.29) is 5.92 Å². The lowest BCUT2D eigenvalue weighted by molar-refractivity contribution is 0.144. The van der Waals surface area contributed by atoms with E-state index in [1.165, 1.54) is 11.2 Å². The molecule has 0 bridgehead atoms. The van der Waals surface area contributed by atoms with Gasteiger partial charge < -0.3 is 5.11 Å². The normalized spacial score (nSPS) is 13.7. The van der Waals surface area contributed by atoms with Crippen molar-refractivity contribution in [2.45, 2.75) is 41.9 Å². The standard InChI is InChI=1S/C35H35NO3S2/c1-35(2,41(4,38)39)29-22-28-14-9-19-36-33(28)31(23-29)27-13-8-10-24(20-27)21-32(25-15-17-30(40-3)18-16-25)34(37)26-11-6-5-7-12-26/h5-20,22-23,32,34,37H,21H2,1-4H3. The van der Waals surface area contributed by atoms with Crippen LogP contribution in [-0.4, -0.2) is 31.0 Å². The summed E-state index contributed by atoms with van der Waals surface area (Å²) in [5.41, 5.74) is 6.44. The smallest absolute Gasteiger partial charge is 0.156 e. The third-order valence-corrected chi connectivity index (χ3v) is 10.9. The van der Waals surface area contributed by atoms with Crippen molar-refractivity contribution in [1.29, 1.82) is 0 Å². The van der Waals surface area contributed by atoms with Crippen LogP contribution in [-0.2, 0) is 21.0 Å². The number of rotatable bonds is 9. The van der Waals surface area contributed by atoms with Gasteiger partial charge in [-0.3, -0.25) is 4.98 Å². The molecule has 1 aromatic heterocycles. The van der Waals surface area contributed by atoms with Crippen molar-refractivity contribution >= 4 is 32.5 Å². The molecule has 6 heteroatoms. The molecule has 5 rings (SSSR count). The summed E-state index contributed by atoms with van der Waals surface area (Å²) in [7, 11) is -3.37. The molecule has 0 saturated heterocycles. The Hall–Kier alpha value is -3.45. The Morgan fingerprint density at radius 3 is 2.27 bits per heavy atom. The minimum Gasteiger partial charge on any atom is -0.388 e. The molecule has 0 fully saturated rings. The maximum Gasteiger partial charge on any atom is 0.156 e. The Labute approximate surface area is 247 Å². The number of hydrogen-bond donors (Lipinski definition) is 1. The number of aliphatic hydroxyl groups is 1. The number of pyridine rings is 1. The van der Waals surface area contributed by atoms with Crippen molar-refractivity contribution in [3.63, 3.8) is 0 Å². The average molecular weight is 582 g/mol. The molecule has 41 heavy (non-hydrogen) atoms. The van der Waals surface area contributed by atoms with Gasteiger partial charge in [-0.2, -0.15) is 0 Å². The van der Waals surface area contributed by atoms with Crippen molar-refractivity contribution in [2.24, 2.45) is 0 Å². The predicted molar refractivity (Wildman–Crippen MR) is 171 cm³/mol. The molecule has 0 aliphatic rings. The lowest BCUT2D eigenvalue weighted by Gasteiger charge is -2.25. The van der Waals surface area contributed by atoms with Crippen LogP contribution in [0.2, 0.25) is 0 Å². The zero-order chi connectivity index (χ0) is 29.2. The lowest BCUT2D eigenvalue weighted by atomic mass is 9.83. The van der Waals surface area contributed by atoms with Gasteiger partial charge >= 0.3 is 0 Å². The zero-order valence-corrected chi connectivity index (χ0v) is 25.4. The molecule has 0 aliphatic heterocycles. The van der Waals surface area contributed by atoms with E-state index in [1.807, 2.05) is 66.7 Å². The molecule has 4 aromatic carbocycles. The quantitative estimate of drug-likeness (QED) is 0.179. The Bertz CT molecular complexity index is 1770. The molecule has 5 aromatic rings. The van der Waals surface area contributed by atoms with Gasteiger partial charge in [-0.25, -0.2) is 8.42 Å². The highest BCUT2D eigenvalue weighted by Crippen LogP contribution is 2.38. The van der Waals surface area contributed by atoms with E-state index < -0.39 is 20.7 Å². The largest absolute Gasteiger partial charge is 0.388 e. The zero-order valence-electron chi connectivity index (χ0n) is 23.8. The minimum atomic E-state index is -3.37. The summed E-state index contributed by atoms with van der Waals surface area (Å²) in [5.74, 6) is -0.158. The first kappa shape index (κ1) is 29.1. The third-order valence-electron chi connectivity index (χ3n) is 8.09. The van der Waals surface area contributed by atoms with Gasteiger partial charge in [0.2, 0.25) is 0 Å². The maximum absolute atomic E-state index is 12.7. The summed E-state index contributed by atoms with van der Waals surface area (Å²) in [6.45, 7) is 3.50. The number of nitrogens with zero attached hydrogens (tertiary/aromatic N) is 1. The average Bonchev–Trinajstić information content (AvgIpc) is 2.99. The van der Waals surface area contributed by atoms with Gasteiger partial charge in [-0.15, -0.1) is 11.8 Å². The van der Waals surface area contributed by atoms with Crippen LogP contribution >= 0.6 is 11.8 Å². The maximum atomic E-state index is 12.7. The Kier molecular flexibility index (Phi) is 8.37. The first-order valence-corrected chi connectivity index (χ1v) is 16.8. The Balaban J connectivity index is 1.59. The van der Waals surface area contributed by atoms with Crippen LogP contribution in [0.15, 0.2) is 114 Å². The second-order valence-electron chi connectivity index (χ2n) is 11.0. The molecule has 4 nitrogen and oxygen atoms in total. The van der Waals surface area contributed by atoms with Crippen LogP contribution in [0, 0.1) is 0 Å². The van der Waals surface area contributed by atoms with Crippen LogP contribution in [0.5, 0.6) is 0 Å². The van der Waals surface area contributed by atoms with Gasteiger partial charge in [0.05, 0.1) is 16.4 Å². The molecule has 2 atom stereocenters. The van der Waals surface area contributed by atoms with Crippen LogP contribution in [0.25, 0.3) is 22.0 Å². The van der Waals surface area contributed by atoms with Gasteiger partial charge in [0.1, 0.15) is 0 Å². The molecule has 0 amide bonds. The van der Waals surface area contributed by atoms with Crippen molar-refractivity contribution in [3.8, 4) is 11.1 Å². The summed E-state index contributed by atoms with van der Waals surface area (Å²) in [5, 5.41) is 12.5. The molecule has 0 radical (unpaired) electrons. The van der Waals surface area contributed by atoms with Crippen molar-refractivity contribution in [3.05, 3.63) is 132 Å². The molecular formula is C35H35NO3S2. The predicted octanol–water partition coefficient (Wildman–Crippen LogP) is 7.96. The number of fused-ring (bicyclic) bond motifs is 1. The van der Waals surface area contributed by atoms with E-state index in [2.05, 4.69) is 47.6 Å². The molecule has 2 unspecified atom stereocenters. The number of benzene rings is 4. The topological polar surface area (TPSA) is 67.3 Å². The van der Waals surface area contributed by atoms with Gasteiger partial charge in [0.15, 0.2) is 9.84 Å². The van der Waals surface area contributed by atoms with Crippen molar-refractivity contribution in [2.75, 3.05) is 12.5 Å². The summed E-state index contributed by atoms with van der Waals surface area (Å²) >= 11 is 1.70. The number of hydrogen-bond acceptors (Lipinski definition) is 5. The van der Waals surface area contributed by atoms with Gasteiger partial charge in [0.25, 0.3) is 0 Å². The van der Waals surface area contributed by atoms with E-state index in [0.717, 1.165) is 44.3 Å². The first-order valence-electron chi connectivity index (χ1n) is 13.6. The second-order valence-corrected chi connectivity index (χ2v) is 14.5. The molecule has 0 spiro atoms.